The van der Waals surface area contributed by atoms with E-state index in [0.29, 0.717) is 30.9 Å². The van der Waals surface area contributed by atoms with E-state index in [1.165, 1.54) is 16.1 Å². The first-order valence-electron chi connectivity index (χ1n) is 11.7. The van der Waals surface area contributed by atoms with Crippen LogP contribution in [0.25, 0.3) is 16.9 Å². The number of benzene rings is 2. The Morgan fingerprint density at radius 3 is 2.38 bits per heavy atom. The molecule has 2 aromatic carbocycles. The molecule has 0 saturated carbocycles. The van der Waals surface area contributed by atoms with Crippen LogP contribution in [0.2, 0.25) is 0 Å². The SMILES string of the molecule is CCc1ccc(-c2nn(-c3ccccc3C)cc2C(=O)NCC2CCN(S(C)(=O)=O)CC2)cc1. The second-order valence-electron chi connectivity index (χ2n) is 8.99. The zero-order valence-electron chi connectivity index (χ0n) is 20.0. The maximum Gasteiger partial charge on any atom is 0.255 e. The van der Waals surface area contributed by atoms with Crippen LogP contribution in [0.1, 0.15) is 41.3 Å². The van der Waals surface area contributed by atoms with Crippen LogP contribution in [0.15, 0.2) is 54.7 Å². The molecule has 34 heavy (non-hydrogen) atoms. The Morgan fingerprint density at radius 1 is 1.09 bits per heavy atom. The number of nitrogens with one attached hydrogen (secondary N) is 1. The summed E-state index contributed by atoms with van der Waals surface area (Å²) in [4.78, 5) is 13.3. The number of aryl methyl sites for hydroxylation is 2. The maximum atomic E-state index is 13.3. The summed E-state index contributed by atoms with van der Waals surface area (Å²) >= 11 is 0. The molecule has 1 aromatic heterocycles. The number of piperidine rings is 1. The molecule has 1 aliphatic heterocycles. The van der Waals surface area contributed by atoms with Crippen LogP contribution < -0.4 is 5.32 Å². The summed E-state index contributed by atoms with van der Waals surface area (Å²) in [5.74, 6) is 0.0839. The monoisotopic (exact) mass is 480 g/mol. The first-order chi connectivity index (χ1) is 16.3. The predicted octanol–water partition coefficient (Wildman–Crippen LogP) is 3.81. The Kier molecular flexibility index (Phi) is 7.19. The van der Waals surface area contributed by atoms with Gasteiger partial charge in [-0.2, -0.15) is 5.10 Å². The molecule has 0 radical (unpaired) electrons. The molecule has 180 valence electrons. The lowest BCUT2D eigenvalue weighted by molar-refractivity contribution is 0.0942. The Bertz CT molecular complexity index is 1260. The summed E-state index contributed by atoms with van der Waals surface area (Å²) in [6.07, 6.45) is 5.47. The van der Waals surface area contributed by atoms with Crippen molar-refractivity contribution in [2.45, 2.75) is 33.1 Å². The molecular formula is C26H32N4O3S. The van der Waals surface area contributed by atoms with Gasteiger partial charge in [0.15, 0.2) is 0 Å². The Hall–Kier alpha value is -2.97. The molecule has 0 aliphatic carbocycles. The van der Waals surface area contributed by atoms with Gasteiger partial charge in [-0.15, -0.1) is 0 Å². The van der Waals surface area contributed by atoms with Crippen LogP contribution in [0.4, 0.5) is 0 Å². The minimum Gasteiger partial charge on any atom is -0.352 e. The number of aromatic nitrogens is 2. The predicted molar refractivity (Wildman–Crippen MR) is 135 cm³/mol. The van der Waals surface area contributed by atoms with Gasteiger partial charge < -0.3 is 5.32 Å². The van der Waals surface area contributed by atoms with Crippen molar-refractivity contribution in [3.63, 3.8) is 0 Å². The molecule has 1 N–H and O–H groups in total. The number of carbonyl (C=O) groups excluding carboxylic acids is 1. The minimum absolute atomic E-state index is 0.167. The Labute approximate surface area is 201 Å². The van der Waals surface area contributed by atoms with Gasteiger partial charge in [-0.05, 0) is 49.3 Å². The smallest absolute Gasteiger partial charge is 0.255 e. The van der Waals surface area contributed by atoms with Crippen LogP contribution in [0.3, 0.4) is 0 Å². The topological polar surface area (TPSA) is 84.3 Å². The van der Waals surface area contributed by atoms with Crippen molar-refractivity contribution in [2.24, 2.45) is 5.92 Å². The van der Waals surface area contributed by atoms with Gasteiger partial charge in [0.05, 0.1) is 17.5 Å². The number of carbonyl (C=O) groups is 1. The zero-order chi connectivity index (χ0) is 24.3. The quantitative estimate of drug-likeness (QED) is 0.557. The largest absolute Gasteiger partial charge is 0.352 e. The first kappa shape index (κ1) is 24.2. The molecule has 2 heterocycles. The summed E-state index contributed by atoms with van der Waals surface area (Å²) in [5.41, 5.74) is 5.31. The van der Waals surface area contributed by atoms with Crippen LogP contribution in [-0.2, 0) is 16.4 Å². The van der Waals surface area contributed by atoms with Crippen molar-refractivity contribution in [3.05, 3.63) is 71.4 Å². The van der Waals surface area contributed by atoms with E-state index in [2.05, 4.69) is 24.4 Å². The van der Waals surface area contributed by atoms with E-state index in [4.69, 9.17) is 5.10 Å². The molecule has 3 aromatic rings. The average molecular weight is 481 g/mol. The Morgan fingerprint density at radius 2 is 1.76 bits per heavy atom. The molecule has 0 unspecified atom stereocenters. The fourth-order valence-corrected chi connectivity index (χ4v) is 5.25. The van der Waals surface area contributed by atoms with E-state index in [-0.39, 0.29) is 11.8 Å². The molecule has 0 bridgehead atoms. The van der Waals surface area contributed by atoms with Crippen molar-refractivity contribution in [3.8, 4) is 16.9 Å². The number of rotatable bonds is 7. The van der Waals surface area contributed by atoms with Gasteiger partial charge in [0.25, 0.3) is 5.91 Å². The summed E-state index contributed by atoms with van der Waals surface area (Å²) < 4.78 is 26.8. The third kappa shape index (κ3) is 5.39. The summed E-state index contributed by atoms with van der Waals surface area (Å²) in [6.45, 7) is 5.65. The highest BCUT2D eigenvalue weighted by Crippen LogP contribution is 2.26. The van der Waals surface area contributed by atoms with E-state index in [1.807, 2.05) is 43.3 Å². The standard InChI is InChI=1S/C26H32N4O3S/c1-4-20-9-11-22(12-10-20)25-23(18-30(28-25)24-8-6-5-7-19(24)2)26(31)27-17-21-13-15-29(16-14-21)34(3,32)33/h5-12,18,21H,4,13-17H2,1-3H3,(H,27,31). The van der Waals surface area contributed by atoms with Gasteiger partial charge in [0.2, 0.25) is 10.0 Å². The van der Waals surface area contributed by atoms with E-state index >= 15 is 0 Å². The molecule has 4 rings (SSSR count). The van der Waals surface area contributed by atoms with Gasteiger partial charge in [0, 0.05) is 31.4 Å². The van der Waals surface area contributed by atoms with Crippen molar-refractivity contribution in [1.29, 1.82) is 0 Å². The van der Waals surface area contributed by atoms with Crippen LogP contribution >= 0.6 is 0 Å². The number of nitrogens with zero attached hydrogens (tertiary/aromatic N) is 3. The fourth-order valence-electron chi connectivity index (χ4n) is 4.37. The van der Waals surface area contributed by atoms with E-state index < -0.39 is 10.0 Å². The number of para-hydroxylation sites is 1. The normalized spacial score (nSPS) is 15.4. The Balaban J connectivity index is 1.55. The first-order valence-corrected chi connectivity index (χ1v) is 13.6. The zero-order valence-corrected chi connectivity index (χ0v) is 20.8. The maximum absolute atomic E-state index is 13.3. The lowest BCUT2D eigenvalue weighted by Crippen LogP contribution is -2.41. The highest BCUT2D eigenvalue weighted by Gasteiger charge is 2.26. The number of hydrogen-bond acceptors (Lipinski definition) is 4. The van der Waals surface area contributed by atoms with Gasteiger partial charge in [-0.3, -0.25) is 4.79 Å². The third-order valence-electron chi connectivity index (χ3n) is 6.55. The molecule has 7 nitrogen and oxygen atoms in total. The van der Waals surface area contributed by atoms with Gasteiger partial charge in [-0.1, -0.05) is 49.4 Å². The minimum atomic E-state index is -3.16. The molecule has 1 amide bonds. The molecule has 0 atom stereocenters. The summed E-state index contributed by atoms with van der Waals surface area (Å²) in [7, 11) is -3.16. The molecule has 0 spiro atoms. The number of amides is 1. The second kappa shape index (κ2) is 10.1. The molecule has 1 saturated heterocycles. The van der Waals surface area contributed by atoms with Gasteiger partial charge >= 0.3 is 0 Å². The summed E-state index contributed by atoms with van der Waals surface area (Å²) in [5, 5.41) is 7.88. The molecule has 1 fully saturated rings. The lowest BCUT2D eigenvalue weighted by Gasteiger charge is -2.30. The average Bonchev–Trinajstić information content (AvgIpc) is 3.28. The third-order valence-corrected chi connectivity index (χ3v) is 7.85. The van der Waals surface area contributed by atoms with Gasteiger partial charge in [-0.25, -0.2) is 17.4 Å². The fraction of sp³-hybridized carbons (Fsp3) is 0.385. The number of hydrogen-bond donors (Lipinski definition) is 1. The second-order valence-corrected chi connectivity index (χ2v) is 11.0. The van der Waals surface area contributed by atoms with Crippen LogP contribution in [0, 0.1) is 12.8 Å². The van der Waals surface area contributed by atoms with Crippen molar-refractivity contribution < 1.29 is 13.2 Å². The molecule has 1 aliphatic rings. The highest BCUT2D eigenvalue weighted by atomic mass is 32.2. The van der Waals surface area contributed by atoms with E-state index in [0.717, 1.165) is 36.1 Å². The summed E-state index contributed by atoms with van der Waals surface area (Å²) in [6, 6.07) is 16.1. The van der Waals surface area contributed by atoms with Gasteiger partial charge in [0.1, 0.15) is 5.69 Å². The van der Waals surface area contributed by atoms with Crippen molar-refractivity contribution in [2.75, 3.05) is 25.9 Å². The van der Waals surface area contributed by atoms with E-state index in [9.17, 15) is 13.2 Å². The molecule has 8 heteroatoms. The molecular weight excluding hydrogens is 448 g/mol. The van der Waals surface area contributed by atoms with E-state index in [1.54, 1.807) is 10.9 Å². The van der Waals surface area contributed by atoms with Crippen molar-refractivity contribution in [1.82, 2.24) is 19.4 Å². The highest BCUT2D eigenvalue weighted by molar-refractivity contribution is 7.88. The van der Waals surface area contributed by atoms with Crippen LogP contribution in [-0.4, -0.2) is 54.3 Å². The number of sulfonamides is 1. The van der Waals surface area contributed by atoms with Crippen LogP contribution in [0.5, 0.6) is 0 Å². The van der Waals surface area contributed by atoms with Crippen molar-refractivity contribution >= 4 is 15.9 Å². The lowest BCUT2D eigenvalue weighted by atomic mass is 9.98.